The molecular formula is C15H13Br2FN2O. The molecule has 2 aromatic rings. The quantitative estimate of drug-likeness (QED) is 0.787. The van der Waals surface area contributed by atoms with Crippen LogP contribution < -0.4 is 11.1 Å². The van der Waals surface area contributed by atoms with Gasteiger partial charge in [0, 0.05) is 20.2 Å². The Morgan fingerprint density at radius 2 is 1.90 bits per heavy atom. The van der Waals surface area contributed by atoms with E-state index in [9.17, 15) is 9.18 Å². The van der Waals surface area contributed by atoms with Gasteiger partial charge in [0.25, 0.3) is 0 Å². The topological polar surface area (TPSA) is 55.1 Å². The lowest BCUT2D eigenvalue weighted by atomic mass is 9.90. The second-order valence-electron chi connectivity index (χ2n) is 4.72. The van der Waals surface area contributed by atoms with Crippen LogP contribution in [-0.4, -0.2) is 5.91 Å². The Balaban J connectivity index is 2.53. The number of primary amides is 1. The minimum absolute atomic E-state index is 0.181. The van der Waals surface area contributed by atoms with Crippen LogP contribution in [0.2, 0.25) is 0 Å². The Labute approximate surface area is 139 Å². The number of carbonyl (C=O) groups is 1. The molecular weight excluding hydrogens is 403 g/mol. The standard InChI is InChI=1S/C15H13Br2FN2O/c1-15(14(19)21,10-8-9(16)6-7-12(10)18)20-13-5-3-2-4-11(13)17/h2-8,20H,1H3,(H2,19,21). The van der Waals surface area contributed by atoms with Crippen molar-refractivity contribution in [1.29, 1.82) is 0 Å². The number of hydrogen-bond donors (Lipinski definition) is 2. The predicted octanol–water partition coefficient (Wildman–Crippen LogP) is 4.16. The molecule has 3 N–H and O–H groups in total. The number of para-hydroxylation sites is 1. The number of nitrogens with one attached hydrogen (secondary N) is 1. The molecule has 0 aliphatic rings. The lowest BCUT2D eigenvalue weighted by molar-refractivity contribution is -0.122. The van der Waals surface area contributed by atoms with Crippen molar-refractivity contribution in [3.63, 3.8) is 0 Å². The van der Waals surface area contributed by atoms with Gasteiger partial charge in [-0.3, -0.25) is 4.79 Å². The van der Waals surface area contributed by atoms with Gasteiger partial charge < -0.3 is 11.1 Å². The third-order valence-electron chi connectivity index (χ3n) is 3.22. The fourth-order valence-corrected chi connectivity index (χ4v) is 2.72. The molecule has 2 rings (SSSR count). The smallest absolute Gasteiger partial charge is 0.247 e. The first-order chi connectivity index (χ1) is 9.84. The summed E-state index contributed by atoms with van der Waals surface area (Å²) in [6, 6.07) is 11.7. The average molecular weight is 416 g/mol. The van der Waals surface area contributed by atoms with Crippen LogP contribution in [0.4, 0.5) is 10.1 Å². The summed E-state index contributed by atoms with van der Waals surface area (Å²) in [5.74, 6) is -1.17. The molecule has 1 atom stereocenters. The van der Waals surface area contributed by atoms with Gasteiger partial charge in [-0.1, -0.05) is 28.1 Å². The Morgan fingerprint density at radius 3 is 2.52 bits per heavy atom. The van der Waals surface area contributed by atoms with Crippen LogP contribution in [0.15, 0.2) is 51.4 Å². The minimum Gasteiger partial charge on any atom is -0.367 e. The molecule has 0 fully saturated rings. The van der Waals surface area contributed by atoms with Crippen LogP contribution >= 0.6 is 31.9 Å². The van der Waals surface area contributed by atoms with Crippen molar-refractivity contribution in [2.75, 3.05) is 5.32 Å². The van der Waals surface area contributed by atoms with Gasteiger partial charge in [0.05, 0.1) is 0 Å². The molecule has 0 heterocycles. The van der Waals surface area contributed by atoms with E-state index in [-0.39, 0.29) is 5.56 Å². The van der Waals surface area contributed by atoms with Crippen LogP contribution in [0.3, 0.4) is 0 Å². The minimum atomic E-state index is -1.38. The van der Waals surface area contributed by atoms with E-state index in [2.05, 4.69) is 37.2 Å². The van der Waals surface area contributed by atoms with Gasteiger partial charge in [0.15, 0.2) is 0 Å². The largest absolute Gasteiger partial charge is 0.367 e. The summed E-state index contributed by atoms with van der Waals surface area (Å²) in [4.78, 5) is 12.0. The van der Waals surface area contributed by atoms with E-state index in [4.69, 9.17) is 5.73 Å². The highest BCUT2D eigenvalue weighted by atomic mass is 79.9. The van der Waals surface area contributed by atoms with E-state index in [0.717, 1.165) is 4.47 Å². The highest BCUT2D eigenvalue weighted by Gasteiger charge is 2.36. The predicted molar refractivity (Wildman–Crippen MR) is 88.4 cm³/mol. The summed E-state index contributed by atoms with van der Waals surface area (Å²) in [5, 5.41) is 3.03. The van der Waals surface area contributed by atoms with E-state index in [0.29, 0.717) is 10.2 Å². The highest BCUT2D eigenvalue weighted by Crippen LogP contribution is 2.33. The van der Waals surface area contributed by atoms with Crippen LogP contribution in [0.25, 0.3) is 0 Å². The van der Waals surface area contributed by atoms with Gasteiger partial charge in [-0.2, -0.15) is 0 Å². The monoisotopic (exact) mass is 414 g/mol. The van der Waals surface area contributed by atoms with E-state index < -0.39 is 17.3 Å². The van der Waals surface area contributed by atoms with E-state index >= 15 is 0 Å². The van der Waals surface area contributed by atoms with Crippen molar-refractivity contribution in [1.82, 2.24) is 0 Å². The molecule has 0 saturated carbocycles. The Kier molecular flexibility index (Phi) is 4.68. The molecule has 0 aliphatic carbocycles. The zero-order valence-corrected chi connectivity index (χ0v) is 14.3. The first-order valence-electron chi connectivity index (χ1n) is 6.13. The van der Waals surface area contributed by atoms with Crippen LogP contribution in [0, 0.1) is 5.82 Å². The van der Waals surface area contributed by atoms with Crippen molar-refractivity contribution in [3.05, 3.63) is 62.8 Å². The maximum Gasteiger partial charge on any atom is 0.247 e. The Morgan fingerprint density at radius 1 is 1.24 bits per heavy atom. The zero-order chi connectivity index (χ0) is 15.6. The van der Waals surface area contributed by atoms with Crippen molar-refractivity contribution in [2.24, 2.45) is 5.73 Å². The average Bonchev–Trinajstić information content (AvgIpc) is 2.43. The first-order valence-corrected chi connectivity index (χ1v) is 7.71. The highest BCUT2D eigenvalue weighted by molar-refractivity contribution is 9.10. The fourth-order valence-electron chi connectivity index (χ4n) is 1.97. The summed E-state index contributed by atoms with van der Waals surface area (Å²) >= 11 is 6.67. The lowest BCUT2D eigenvalue weighted by Gasteiger charge is -2.30. The Hall–Kier alpha value is -1.40. The normalized spacial score (nSPS) is 13.5. The van der Waals surface area contributed by atoms with E-state index in [1.54, 1.807) is 25.1 Å². The third kappa shape index (κ3) is 3.27. The molecule has 21 heavy (non-hydrogen) atoms. The Bertz CT molecular complexity index is 693. The summed E-state index contributed by atoms with van der Waals surface area (Å²) < 4.78 is 15.6. The molecule has 6 heteroatoms. The van der Waals surface area contributed by atoms with Crippen LogP contribution in [0.5, 0.6) is 0 Å². The second kappa shape index (κ2) is 6.15. The van der Waals surface area contributed by atoms with Crippen molar-refractivity contribution < 1.29 is 9.18 Å². The lowest BCUT2D eigenvalue weighted by Crippen LogP contribution is -2.46. The van der Waals surface area contributed by atoms with Crippen LogP contribution in [-0.2, 0) is 10.3 Å². The summed E-state index contributed by atoms with van der Waals surface area (Å²) in [5.41, 5.74) is 4.98. The van der Waals surface area contributed by atoms with Gasteiger partial charge >= 0.3 is 0 Å². The molecule has 0 bridgehead atoms. The van der Waals surface area contributed by atoms with Crippen molar-refractivity contribution in [3.8, 4) is 0 Å². The van der Waals surface area contributed by atoms with Gasteiger partial charge in [-0.15, -0.1) is 0 Å². The number of anilines is 1. The number of nitrogens with two attached hydrogens (primary N) is 1. The SMILES string of the molecule is CC(Nc1ccccc1Br)(C(N)=O)c1cc(Br)ccc1F. The molecule has 0 aromatic heterocycles. The molecule has 2 aromatic carbocycles. The molecule has 0 spiro atoms. The van der Waals surface area contributed by atoms with Crippen molar-refractivity contribution >= 4 is 43.5 Å². The molecule has 0 saturated heterocycles. The number of amides is 1. The summed E-state index contributed by atoms with van der Waals surface area (Å²) in [7, 11) is 0. The molecule has 110 valence electrons. The molecule has 0 aliphatic heterocycles. The van der Waals surface area contributed by atoms with Crippen LogP contribution in [0.1, 0.15) is 12.5 Å². The second-order valence-corrected chi connectivity index (χ2v) is 6.49. The molecule has 1 unspecified atom stereocenters. The maximum atomic E-state index is 14.1. The zero-order valence-electron chi connectivity index (χ0n) is 11.2. The van der Waals surface area contributed by atoms with Gasteiger partial charge in [-0.25, -0.2) is 4.39 Å². The number of carbonyl (C=O) groups excluding carboxylic acids is 1. The third-order valence-corrected chi connectivity index (χ3v) is 4.40. The number of benzene rings is 2. The maximum absolute atomic E-state index is 14.1. The molecule has 0 radical (unpaired) electrons. The van der Waals surface area contributed by atoms with Gasteiger partial charge in [-0.05, 0) is 53.2 Å². The number of halogens is 3. The summed E-state index contributed by atoms with van der Waals surface area (Å²) in [6.45, 7) is 1.56. The van der Waals surface area contributed by atoms with Crippen molar-refractivity contribution in [2.45, 2.75) is 12.5 Å². The number of rotatable bonds is 4. The van der Waals surface area contributed by atoms with Gasteiger partial charge in [0.2, 0.25) is 5.91 Å². The molecule has 1 amide bonds. The summed E-state index contributed by atoms with van der Waals surface area (Å²) in [6.07, 6.45) is 0. The first kappa shape index (κ1) is 16.0. The fraction of sp³-hybridized carbons (Fsp3) is 0.133. The van der Waals surface area contributed by atoms with E-state index in [1.807, 2.05) is 18.2 Å². The number of hydrogen-bond acceptors (Lipinski definition) is 2. The molecule has 3 nitrogen and oxygen atoms in total. The van der Waals surface area contributed by atoms with Gasteiger partial charge in [0.1, 0.15) is 11.4 Å². The van der Waals surface area contributed by atoms with E-state index in [1.165, 1.54) is 6.07 Å².